The highest BCUT2D eigenvalue weighted by molar-refractivity contribution is 5.47. The summed E-state index contributed by atoms with van der Waals surface area (Å²) in [5.74, 6) is 6.55. The summed E-state index contributed by atoms with van der Waals surface area (Å²) < 4.78 is 10.5. The number of aromatic nitrogens is 2. The molecular weight excluding hydrogens is 208 g/mol. The van der Waals surface area contributed by atoms with Crippen molar-refractivity contribution in [3.05, 3.63) is 11.9 Å². The number of nitrogens with zero attached hydrogens (tertiary/aromatic N) is 2. The zero-order valence-electron chi connectivity index (χ0n) is 9.69. The van der Waals surface area contributed by atoms with Crippen molar-refractivity contribution in [1.29, 1.82) is 0 Å². The molecule has 0 unspecified atom stereocenters. The van der Waals surface area contributed by atoms with Crippen molar-refractivity contribution >= 4 is 5.82 Å². The van der Waals surface area contributed by atoms with E-state index in [2.05, 4.69) is 15.4 Å². The first kappa shape index (κ1) is 12.7. The zero-order valence-corrected chi connectivity index (χ0v) is 9.69. The molecule has 1 aromatic rings. The topological polar surface area (TPSA) is 82.3 Å². The minimum atomic E-state index is 0.571. The lowest BCUT2D eigenvalue weighted by atomic mass is 10.2. The Labute approximate surface area is 95.1 Å². The second kappa shape index (κ2) is 6.97. The van der Waals surface area contributed by atoms with Crippen LogP contribution in [0.2, 0.25) is 0 Å². The number of nitrogens with two attached hydrogens (primary N) is 1. The summed E-state index contributed by atoms with van der Waals surface area (Å²) >= 11 is 0. The van der Waals surface area contributed by atoms with Crippen molar-refractivity contribution < 1.29 is 9.47 Å². The van der Waals surface area contributed by atoms with Gasteiger partial charge in [-0.3, -0.25) is 0 Å². The molecule has 1 aromatic heterocycles. The SMILES string of the molecule is CCc1c(NN)ncnc1OCCCOC. The molecule has 3 N–H and O–H groups in total. The second-order valence-corrected chi connectivity index (χ2v) is 3.20. The van der Waals surface area contributed by atoms with E-state index in [0.717, 1.165) is 18.4 Å². The van der Waals surface area contributed by atoms with Gasteiger partial charge >= 0.3 is 0 Å². The third-order valence-corrected chi connectivity index (χ3v) is 2.13. The van der Waals surface area contributed by atoms with E-state index in [-0.39, 0.29) is 0 Å². The molecule has 0 aliphatic carbocycles. The largest absolute Gasteiger partial charge is 0.477 e. The lowest BCUT2D eigenvalue weighted by Crippen LogP contribution is -2.13. The second-order valence-electron chi connectivity index (χ2n) is 3.20. The van der Waals surface area contributed by atoms with Crippen LogP contribution in [0.3, 0.4) is 0 Å². The number of anilines is 1. The maximum Gasteiger partial charge on any atom is 0.221 e. The Kier molecular flexibility index (Phi) is 5.52. The zero-order chi connectivity index (χ0) is 11.8. The van der Waals surface area contributed by atoms with Crippen LogP contribution in [0.1, 0.15) is 18.9 Å². The summed E-state index contributed by atoms with van der Waals surface area (Å²) in [6, 6.07) is 0. The molecule has 0 atom stereocenters. The van der Waals surface area contributed by atoms with Gasteiger partial charge in [0.25, 0.3) is 0 Å². The van der Waals surface area contributed by atoms with Gasteiger partial charge in [-0.1, -0.05) is 6.92 Å². The van der Waals surface area contributed by atoms with Gasteiger partial charge in [0, 0.05) is 20.1 Å². The van der Waals surface area contributed by atoms with E-state index in [1.807, 2.05) is 6.92 Å². The van der Waals surface area contributed by atoms with Crippen molar-refractivity contribution in [2.24, 2.45) is 5.84 Å². The Morgan fingerprint density at radius 3 is 2.81 bits per heavy atom. The van der Waals surface area contributed by atoms with Crippen molar-refractivity contribution in [2.45, 2.75) is 19.8 Å². The lowest BCUT2D eigenvalue weighted by molar-refractivity contribution is 0.170. The molecular formula is C10H18N4O2. The number of methoxy groups -OCH3 is 1. The summed E-state index contributed by atoms with van der Waals surface area (Å²) in [5.41, 5.74) is 3.42. The molecule has 0 aliphatic heterocycles. The Morgan fingerprint density at radius 2 is 2.19 bits per heavy atom. The predicted molar refractivity (Wildman–Crippen MR) is 61.2 cm³/mol. The summed E-state index contributed by atoms with van der Waals surface area (Å²) in [6.45, 7) is 3.25. The fourth-order valence-corrected chi connectivity index (χ4v) is 1.34. The average Bonchev–Trinajstić information content (AvgIpc) is 2.34. The molecule has 90 valence electrons. The first-order chi connectivity index (χ1) is 7.83. The number of ether oxygens (including phenoxy) is 2. The van der Waals surface area contributed by atoms with Gasteiger partial charge in [-0.2, -0.15) is 0 Å². The first-order valence-corrected chi connectivity index (χ1v) is 5.25. The molecule has 0 radical (unpaired) electrons. The smallest absolute Gasteiger partial charge is 0.221 e. The molecule has 0 aliphatic rings. The van der Waals surface area contributed by atoms with Crippen LogP contribution in [0, 0.1) is 0 Å². The van der Waals surface area contributed by atoms with E-state index in [1.54, 1.807) is 7.11 Å². The van der Waals surface area contributed by atoms with Gasteiger partial charge in [-0.05, 0) is 6.42 Å². The fourth-order valence-electron chi connectivity index (χ4n) is 1.34. The number of nitrogen functional groups attached to an aromatic ring is 1. The summed E-state index contributed by atoms with van der Waals surface area (Å²) in [6.07, 6.45) is 3.02. The molecule has 6 nitrogen and oxygen atoms in total. The molecule has 0 bridgehead atoms. The maximum absolute atomic E-state index is 5.55. The fraction of sp³-hybridized carbons (Fsp3) is 0.600. The molecule has 1 rings (SSSR count). The lowest BCUT2D eigenvalue weighted by Gasteiger charge is -2.11. The third-order valence-electron chi connectivity index (χ3n) is 2.13. The number of hydrogen-bond donors (Lipinski definition) is 2. The summed E-state index contributed by atoms with van der Waals surface area (Å²) in [5, 5.41) is 0. The molecule has 1 heterocycles. The molecule has 0 aromatic carbocycles. The minimum Gasteiger partial charge on any atom is -0.477 e. The quantitative estimate of drug-likeness (QED) is 0.405. The Morgan fingerprint density at radius 1 is 1.38 bits per heavy atom. The van der Waals surface area contributed by atoms with Gasteiger partial charge in [0.15, 0.2) is 0 Å². The van der Waals surface area contributed by atoms with E-state index in [1.165, 1.54) is 6.33 Å². The first-order valence-electron chi connectivity index (χ1n) is 5.25. The monoisotopic (exact) mass is 226 g/mol. The van der Waals surface area contributed by atoms with Crippen LogP contribution in [-0.4, -0.2) is 30.3 Å². The standard InChI is InChI=1S/C10H18N4O2/c1-3-8-9(14-11)12-7-13-10(8)16-6-4-5-15-2/h7H,3-6,11H2,1-2H3,(H,12,13,14). The summed E-state index contributed by atoms with van der Waals surface area (Å²) in [4.78, 5) is 8.11. The van der Waals surface area contributed by atoms with Crippen LogP contribution in [0.5, 0.6) is 5.88 Å². The number of hydrogen-bond acceptors (Lipinski definition) is 6. The summed E-state index contributed by atoms with van der Waals surface area (Å²) in [7, 11) is 1.67. The Hall–Kier alpha value is -1.40. The number of hydrazine groups is 1. The highest BCUT2D eigenvalue weighted by Gasteiger charge is 2.09. The maximum atomic E-state index is 5.55. The average molecular weight is 226 g/mol. The van der Waals surface area contributed by atoms with Crippen molar-refractivity contribution in [3.63, 3.8) is 0 Å². The Bertz CT molecular complexity index is 320. The van der Waals surface area contributed by atoms with Gasteiger partial charge in [-0.15, -0.1) is 0 Å². The highest BCUT2D eigenvalue weighted by atomic mass is 16.5. The molecule has 0 fully saturated rings. The van der Waals surface area contributed by atoms with Gasteiger partial charge in [0.05, 0.1) is 12.2 Å². The van der Waals surface area contributed by atoms with Crippen LogP contribution in [0.4, 0.5) is 5.82 Å². The van der Waals surface area contributed by atoms with Crippen LogP contribution >= 0.6 is 0 Å². The van der Waals surface area contributed by atoms with Gasteiger partial charge in [0.2, 0.25) is 5.88 Å². The van der Waals surface area contributed by atoms with Gasteiger partial charge in [-0.25, -0.2) is 15.8 Å². The van der Waals surface area contributed by atoms with E-state index in [4.69, 9.17) is 15.3 Å². The van der Waals surface area contributed by atoms with Crippen molar-refractivity contribution in [3.8, 4) is 5.88 Å². The van der Waals surface area contributed by atoms with Crippen LogP contribution in [-0.2, 0) is 11.2 Å². The molecule has 0 spiro atoms. The molecule has 0 saturated heterocycles. The van der Waals surface area contributed by atoms with Gasteiger partial charge < -0.3 is 14.9 Å². The van der Waals surface area contributed by atoms with E-state index < -0.39 is 0 Å². The van der Waals surface area contributed by atoms with Crippen LogP contribution < -0.4 is 16.0 Å². The molecule has 0 saturated carbocycles. The number of nitrogens with one attached hydrogen (secondary N) is 1. The van der Waals surface area contributed by atoms with Crippen LogP contribution in [0.15, 0.2) is 6.33 Å². The predicted octanol–water partition coefficient (Wildman–Crippen LogP) is 0.740. The van der Waals surface area contributed by atoms with Gasteiger partial charge in [0.1, 0.15) is 12.1 Å². The number of rotatable bonds is 7. The highest BCUT2D eigenvalue weighted by Crippen LogP contribution is 2.21. The molecule has 16 heavy (non-hydrogen) atoms. The van der Waals surface area contributed by atoms with Crippen LogP contribution in [0.25, 0.3) is 0 Å². The van der Waals surface area contributed by atoms with E-state index >= 15 is 0 Å². The van der Waals surface area contributed by atoms with E-state index in [9.17, 15) is 0 Å². The minimum absolute atomic E-state index is 0.571. The van der Waals surface area contributed by atoms with E-state index in [0.29, 0.717) is 24.9 Å². The third kappa shape index (κ3) is 3.32. The van der Waals surface area contributed by atoms with Crippen molar-refractivity contribution in [1.82, 2.24) is 9.97 Å². The normalized spacial score (nSPS) is 10.2. The molecule has 0 amide bonds. The Balaban J connectivity index is 2.63. The molecule has 6 heteroatoms. The van der Waals surface area contributed by atoms with Crippen molar-refractivity contribution in [2.75, 3.05) is 25.7 Å².